The van der Waals surface area contributed by atoms with Crippen molar-refractivity contribution in [1.82, 2.24) is 0 Å². The van der Waals surface area contributed by atoms with Gasteiger partial charge in [0.05, 0.1) is 0 Å². The summed E-state index contributed by atoms with van der Waals surface area (Å²) < 4.78 is 19.6. The van der Waals surface area contributed by atoms with Crippen molar-refractivity contribution in [1.29, 1.82) is 0 Å². The van der Waals surface area contributed by atoms with E-state index >= 15 is 0 Å². The van der Waals surface area contributed by atoms with Crippen LogP contribution in [0.5, 0.6) is 5.75 Å². The first-order chi connectivity index (χ1) is 9.47. The Hall–Kier alpha value is -1.39. The van der Waals surface area contributed by atoms with Crippen molar-refractivity contribution in [3.05, 3.63) is 63.3 Å². The van der Waals surface area contributed by atoms with Gasteiger partial charge in [-0.25, -0.2) is 4.39 Å². The lowest BCUT2D eigenvalue weighted by Crippen LogP contribution is -2.24. The Morgan fingerprint density at radius 1 is 1.25 bits per heavy atom. The molecule has 1 unspecified atom stereocenters. The van der Waals surface area contributed by atoms with Crippen LogP contribution in [-0.2, 0) is 0 Å². The number of carbonyl (C=O) groups excluding carboxylic acids is 1. The zero-order valence-corrected chi connectivity index (χ0v) is 12.9. The molecule has 2 nitrogen and oxygen atoms in total. The molecule has 0 aliphatic rings. The Morgan fingerprint density at radius 2 is 1.90 bits per heavy atom. The van der Waals surface area contributed by atoms with Gasteiger partial charge in [-0.3, -0.25) is 4.79 Å². The highest BCUT2D eigenvalue weighted by Gasteiger charge is 2.18. The second-order valence-electron chi connectivity index (χ2n) is 4.21. The summed E-state index contributed by atoms with van der Waals surface area (Å²) in [4.78, 5) is 12.1. The van der Waals surface area contributed by atoms with Gasteiger partial charge in [0, 0.05) is 15.1 Å². The van der Waals surface area contributed by atoms with Gasteiger partial charge in [0.2, 0.25) is 5.78 Å². The highest BCUT2D eigenvalue weighted by molar-refractivity contribution is 9.10. The summed E-state index contributed by atoms with van der Waals surface area (Å²) in [5.74, 6) is -0.706. The van der Waals surface area contributed by atoms with E-state index < -0.39 is 11.9 Å². The molecule has 0 saturated heterocycles. The lowest BCUT2D eigenvalue weighted by Gasteiger charge is -2.14. The second-order valence-corrected chi connectivity index (χ2v) is 5.56. The maximum atomic E-state index is 13.6. The fourth-order valence-corrected chi connectivity index (χ4v) is 2.12. The van der Waals surface area contributed by atoms with Crippen LogP contribution in [0.1, 0.15) is 17.3 Å². The highest BCUT2D eigenvalue weighted by atomic mass is 79.9. The second kappa shape index (κ2) is 6.37. The van der Waals surface area contributed by atoms with E-state index in [0.717, 1.165) is 0 Å². The van der Waals surface area contributed by atoms with E-state index in [-0.39, 0.29) is 11.5 Å². The molecule has 20 heavy (non-hydrogen) atoms. The van der Waals surface area contributed by atoms with Crippen LogP contribution in [-0.4, -0.2) is 11.9 Å². The molecule has 0 saturated carbocycles. The average Bonchev–Trinajstić information content (AvgIpc) is 2.42. The van der Waals surface area contributed by atoms with Crippen LogP contribution in [0.3, 0.4) is 0 Å². The largest absolute Gasteiger partial charge is 0.479 e. The van der Waals surface area contributed by atoms with Crippen molar-refractivity contribution >= 4 is 33.3 Å². The Morgan fingerprint density at radius 3 is 2.50 bits per heavy atom. The molecule has 0 heterocycles. The van der Waals surface area contributed by atoms with Gasteiger partial charge >= 0.3 is 0 Å². The van der Waals surface area contributed by atoms with E-state index in [1.165, 1.54) is 12.1 Å². The molecule has 2 rings (SSSR count). The summed E-state index contributed by atoms with van der Waals surface area (Å²) in [5.41, 5.74) is 0.472. The average molecular weight is 358 g/mol. The van der Waals surface area contributed by atoms with Crippen molar-refractivity contribution in [2.24, 2.45) is 0 Å². The summed E-state index contributed by atoms with van der Waals surface area (Å²) in [6.45, 7) is 1.58. The molecule has 0 amide bonds. The fourth-order valence-electron chi connectivity index (χ4n) is 1.66. The fraction of sp³-hybridized carbons (Fsp3) is 0.133. The van der Waals surface area contributed by atoms with Gasteiger partial charge in [0.25, 0.3) is 0 Å². The van der Waals surface area contributed by atoms with E-state index in [9.17, 15) is 9.18 Å². The molecule has 0 aliphatic carbocycles. The van der Waals surface area contributed by atoms with Crippen molar-refractivity contribution in [2.45, 2.75) is 13.0 Å². The number of rotatable bonds is 4. The lowest BCUT2D eigenvalue weighted by molar-refractivity contribution is 0.0812. The molecule has 0 bridgehead atoms. The molecule has 0 aromatic heterocycles. The van der Waals surface area contributed by atoms with Gasteiger partial charge in [0.15, 0.2) is 17.7 Å². The molecule has 5 heteroatoms. The molecular weight excluding hydrogens is 347 g/mol. The monoisotopic (exact) mass is 356 g/mol. The Bertz CT molecular complexity index is 628. The van der Waals surface area contributed by atoms with Crippen LogP contribution in [0.4, 0.5) is 4.39 Å². The summed E-state index contributed by atoms with van der Waals surface area (Å²) >= 11 is 8.92. The minimum absolute atomic E-state index is 0.0445. The quantitative estimate of drug-likeness (QED) is 0.728. The van der Waals surface area contributed by atoms with Gasteiger partial charge in [-0.15, -0.1) is 0 Å². The minimum atomic E-state index is -0.785. The predicted octanol–water partition coefficient (Wildman–Crippen LogP) is 4.89. The van der Waals surface area contributed by atoms with Crippen molar-refractivity contribution < 1.29 is 13.9 Å². The van der Waals surface area contributed by atoms with Crippen molar-refractivity contribution in [2.75, 3.05) is 0 Å². The van der Waals surface area contributed by atoms with Crippen LogP contribution >= 0.6 is 27.5 Å². The standard InChI is InChI=1S/C15H11BrClFO2/c1-9(15(19)10-2-5-12(17)6-3-10)20-14-7-4-11(16)8-13(14)18/h2-9H,1H3. The van der Waals surface area contributed by atoms with Crippen molar-refractivity contribution in [3.63, 3.8) is 0 Å². The van der Waals surface area contributed by atoms with Gasteiger partial charge in [-0.2, -0.15) is 0 Å². The topological polar surface area (TPSA) is 26.3 Å². The van der Waals surface area contributed by atoms with Crippen LogP contribution in [0.2, 0.25) is 5.02 Å². The van der Waals surface area contributed by atoms with Gasteiger partial charge in [0.1, 0.15) is 0 Å². The number of ether oxygens (including phenoxy) is 1. The number of hydrogen-bond acceptors (Lipinski definition) is 2. The molecule has 0 N–H and O–H groups in total. The Balaban J connectivity index is 2.13. The SMILES string of the molecule is CC(Oc1ccc(Br)cc1F)C(=O)c1ccc(Cl)cc1. The van der Waals surface area contributed by atoms with Crippen molar-refractivity contribution in [3.8, 4) is 5.75 Å². The highest BCUT2D eigenvalue weighted by Crippen LogP contribution is 2.23. The zero-order valence-electron chi connectivity index (χ0n) is 10.6. The van der Waals surface area contributed by atoms with Gasteiger partial charge in [-0.1, -0.05) is 27.5 Å². The van der Waals surface area contributed by atoms with Crippen LogP contribution in [0.25, 0.3) is 0 Å². The first-order valence-corrected chi connectivity index (χ1v) is 7.06. The smallest absolute Gasteiger partial charge is 0.202 e. The lowest BCUT2D eigenvalue weighted by atomic mass is 10.1. The molecule has 2 aromatic rings. The van der Waals surface area contributed by atoms with Crippen LogP contribution in [0.15, 0.2) is 46.9 Å². The Kier molecular flexibility index (Phi) is 4.78. The van der Waals surface area contributed by atoms with E-state index in [1.54, 1.807) is 37.3 Å². The number of Topliss-reactive ketones (excluding diaryl/α,β-unsaturated/α-hetero) is 1. The zero-order chi connectivity index (χ0) is 14.7. The number of ketones is 1. The van der Waals surface area contributed by atoms with Crippen LogP contribution in [0, 0.1) is 5.82 Å². The summed E-state index contributed by atoms with van der Waals surface area (Å²) in [5, 5.41) is 0.550. The molecule has 2 aromatic carbocycles. The normalized spacial score (nSPS) is 12.0. The Labute approximate surface area is 129 Å². The number of carbonyl (C=O) groups is 1. The molecule has 0 radical (unpaired) electrons. The molecular formula is C15H11BrClFO2. The third-order valence-corrected chi connectivity index (χ3v) is 3.44. The van der Waals surface area contributed by atoms with E-state index in [2.05, 4.69) is 15.9 Å². The van der Waals surface area contributed by atoms with Crippen LogP contribution < -0.4 is 4.74 Å². The first kappa shape index (κ1) is 15.0. The third kappa shape index (κ3) is 3.58. The molecule has 0 spiro atoms. The molecule has 1 atom stereocenters. The summed E-state index contributed by atoms with van der Waals surface area (Å²) in [7, 11) is 0. The minimum Gasteiger partial charge on any atom is -0.479 e. The molecule has 0 aliphatic heterocycles. The van der Waals surface area contributed by atoms with E-state index in [4.69, 9.17) is 16.3 Å². The number of halogens is 3. The first-order valence-electron chi connectivity index (χ1n) is 5.89. The summed E-state index contributed by atoms with van der Waals surface area (Å²) in [6.07, 6.45) is -0.785. The van der Waals surface area contributed by atoms with E-state index in [1.807, 2.05) is 0 Å². The summed E-state index contributed by atoms with van der Waals surface area (Å²) in [6, 6.07) is 10.9. The maximum Gasteiger partial charge on any atom is 0.202 e. The predicted molar refractivity (Wildman–Crippen MR) is 80.0 cm³/mol. The number of benzene rings is 2. The maximum absolute atomic E-state index is 13.6. The third-order valence-electron chi connectivity index (χ3n) is 2.70. The van der Waals surface area contributed by atoms with Gasteiger partial charge < -0.3 is 4.74 Å². The van der Waals surface area contributed by atoms with Gasteiger partial charge in [-0.05, 0) is 49.4 Å². The molecule has 104 valence electrons. The van der Waals surface area contributed by atoms with E-state index in [0.29, 0.717) is 15.1 Å². The molecule has 0 fully saturated rings. The number of hydrogen-bond donors (Lipinski definition) is 0.